The SMILES string of the molecule is CNCC1CCN(C(=O)Cc2csc(Cc3ccccc3)n2)CC1. The minimum Gasteiger partial charge on any atom is -0.342 e. The maximum atomic E-state index is 12.5. The van der Waals surface area contributed by atoms with Gasteiger partial charge in [-0.25, -0.2) is 4.98 Å². The Balaban J connectivity index is 1.50. The Bertz CT molecular complexity index is 648. The summed E-state index contributed by atoms with van der Waals surface area (Å²) in [4.78, 5) is 19.1. The van der Waals surface area contributed by atoms with Crippen molar-refractivity contribution in [1.82, 2.24) is 15.2 Å². The topological polar surface area (TPSA) is 45.2 Å². The molecule has 1 N–H and O–H groups in total. The fourth-order valence-corrected chi connectivity index (χ4v) is 4.05. The highest BCUT2D eigenvalue weighted by Crippen LogP contribution is 2.19. The Kier molecular flexibility index (Phi) is 5.99. The highest BCUT2D eigenvalue weighted by molar-refractivity contribution is 7.09. The average Bonchev–Trinajstić information content (AvgIpc) is 3.03. The molecule has 2 heterocycles. The molecule has 3 rings (SSSR count). The predicted molar refractivity (Wildman–Crippen MR) is 98.3 cm³/mol. The van der Waals surface area contributed by atoms with Gasteiger partial charge in [-0.1, -0.05) is 30.3 Å². The Hall–Kier alpha value is -1.72. The van der Waals surface area contributed by atoms with Crippen molar-refractivity contribution < 1.29 is 4.79 Å². The maximum Gasteiger partial charge on any atom is 0.228 e. The van der Waals surface area contributed by atoms with E-state index in [1.54, 1.807) is 11.3 Å². The summed E-state index contributed by atoms with van der Waals surface area (Å²) in [5, 5.41) is 6.34. The molecule has 1 aromatic carbocycles. The molecule has 0 aliphatic carbocycles. The number of hydrogen-bond donors (Lipinski definition) is 1. The largest absolute Gasteiger partial charge is 0.342 e. The zero-order valence-electron chi connectivity index (χ0n) is 14.2. The van der Waals surface area contributed by atoms with Crippen LogP contribution in [0.2, 0.25) is 0 Å². The number of benzene rings is 1. The van der Waals surface area contributed by atoms with E-state index in [-0.39, 0.29) is 5.91 Å². The van der Waals surface area contributed by atoms with Gasteiger partial charge >= 0.3 is 0 Å². The number of hydrogen-bond acceptors (Lipinski definition) is 4. The number of aromatic nitrogens is 1. The fourth-order valence-electron chi connectivity index (χ4n) is 3.22. The summed E-state index contributed by atoms with van der Waals surface area (Å²) in [6.07, 6.45) is 3.48. The zero-order chi connectivity index (χ0) is 16.8. The number of carbonyl (C=O) groups excluding carboxylic acids is 1. The number of nitrogens with zero attached hydrogens (tertiary/aromatic N) is 2. The third kappa shape index (κ3) is 4.65. The van der Waals surface area contributed by atoms with Gasteiger partial charge in [-0.05, 0) is 37.9 Å². The molecule has 1 fully saturated rings. The second-order valence-electron chi connectivity index (χ2n) is 6.45. The van der Waals surface area contributed by atoms with Crippen molar-refractivity contribution in [2.24, 2.45) is 5.92 Å². The van der Waals surface area contributed by atoms with E-state index < -0.39 is 0 Å². The van der Waals surface area contributed by atoms with Gasteiger partial charge in [0.05, 0.1) is 17.1 Å². The van der Waals surface area contributed by atoms with Crippen LogP contribution in [-0.2, 0) is 17.6 Å². The van der Waals surface area contributed by atoms with E-state index in [4.69, 9.17) is 0 Å². The molecule has 1 aliphatic heterocycles. The van der Waals surface area contributed by atoms with Crippen molar-refractivity contribution in [2.45, 2.75) is 25.7 Å². The van der Waals surface area contributed by atoms with Crippen LogP contribution < -0.4 is 5.32 Å². The molecule has 1 aromatic heterocycles. The molecule has 1 saturated heterocycles. The quantitative estimate of drug-likeness (QED) is 0.877. The zero-order valence-corrected chi connectivity index (χ0v) is 15.0. The average molecular weight is 343 g/mol. The van der Waals surface area contributed by atoms with Gasteiger partial charge in [0, 0.05) is 24.9 Å². The summed E-state index contributed by atoms with van der Waals surface area (Å²) in [5.41, 5.74) is 2.17. The van der Waals surface area contributed by atoms with Crippen LogP contribution in [-0.4, -0.2) is 42.5 Å². The normalized spacial score (nSPS) is 15.6. The van der Waals surface area contributed by atoms with Crippen LogP contribution in [0.5, 0.6) is 0 Å². The molecule has 1 aliphatic rings. The van der Waals surface area contributed by atoms with Gasteiger partial charge in [0.1, 0.15) is 0 Å². The van der Waals surface area contributed by atoms with Crippen LogP contribution in [0.15, 0.2) is 35.7 Å². The number of likely N-dealkylation sites (tertiary alicyclic amines) is 1. The molecule has 0 atom stereocenters. The lowest BCUT2D eigenvalue weighted by Gasteiger charge is -2.31. The van der Waals surface area contributed by atoms with E-state index in [1.807, 2.05) is 35.5 Å². The lowest BCUT2D eigenvalue weighted by Crippen LogP contribution is -2.41. The molecule has 0 radical (unpaired) electrons. The Morgan fingerprint density at radius 2 is 2.04 bits per heavy atom. The fraction of sp³-hybridized carbons (Fsp3) is 0.474. The molecule has 0 bridgehead atoms. The van der Waals surface area contributed by atoms with Crippen molar-refractivity contribution in [3.8, 4) is 0 Å². The second kappa shape index (κ2) is 8.40. The summed E-state index contributed by atoms with van der Waals surface area (Å²) in [6, 6.07) is 10.3. The monoisotopic (exact) mass is 343 g/mol. The predicted octanol–water partition coefficient (Wildman–Crippen LogP) is 2.73. The van der Waals surface area contributed by atoms with Gasteiger partial charge in [0.15, 0.2) is 0 Å². The van der Waals surface area contributed by atoms with Crippen molar-refractivity contribution in [3.63, 3.8) is 0 Å². The van der Waals surface area contributed by atoms with Gasteiger partial charge in [-0.15, -0.1) is 11.3 Å². The first-order valence-electron chi connectivity index (χ1n) is 8.64. The minimum atomic E-state index is 0.217. The lowest BCUT2D eigenvalue weighted by molar-refractivity contribution is -0.131. The van der Waals surface area contributed by atoms with Crippen molar-refractivity contribution in [1.29, 1.82) is 0 Å². The van der Waals surface area contributed by atoms with Crippen LogP contribution in [0.3, 0.4) is 0 Å². The van der Waals surface area contributed by atoms with E-state index >= 15 is 0 Å². The number of carbonyl (C=O) groups is 1. The van der Waals surface area contributed by atoms with Crippen LogP contribution in [0.1, 0.15) is 29.1 Å². The van der Waals surface area contributed by atoms with Crippen LogP contribution >= 0.6 is 11.3 Å². The molecule has 0 unspecified atom stereocenters. The standard InChI is InChI=1S/C19H25N3OS/c1-20-13-16-7-9-22(10-8-16)19(23)12-17-14-24-18(21-17)11-15-5-3-2-4-6-15/h2-6,14,16,20H,7-13H2,1H3. The molecule has 1 amide bonds. The van der Waals surface area contributed by atoms with Gasteiger partial charge in [0.25, 0.3) is 0 Å². The third-order valence-electron chi connectivity index (χ3n) is 4.59. The Morgan fingerprint density at radius 3 is 2.75 bits per heavy atom. The molecule has 4 nitrogen and oxygen atoms in total. The van der Waals surface area contributed by atoms with E-state index in [2.05, 4.69) is 22.4 Å². The number of thiazole rings is 1. The molecule has 128 valence electrons. The first kappa shape index (κ1) is 17.1. The summed E-state index contributed by atoms with van der Waals surface area (Å²) in [5.74, 6) is 0.922. The van der Waals surface area contributed by atoms with E-state index in [9.17, 15) is 4.79 Å². The van der Waals surface area contributed by atoms with Gasteiger partial charge in [-0.2, -0.15) is 0 Å². The highest BCUT2D eigenvalue weighted by atomic mass is 32.1. The number of piperidine rings is 1. The highest BCUT2D eigenvalue weighted by Gasteiger charge is 2.22. The number of amides is 1. The van der Waals surface area contributed by atoms with E-state index in [1.165, 1.54) is 5.56 Å². The van der Waals surface area contributed by atoms with Gasteiger partial charge in [-0.3, -0.25) is 4.79 Å². The maximum absolute atomic E-state index is 12.5. The van der Waals surface area contributed by atoms with Crippen LogP contribution in [0, 0.1) is 5.92 Å². The molecule has 0 saturated carbocycles. The molecular weight excluding hydrogens is 318 g/mol. The molecule has 24 heavy (non-hydrogen) atoms. The summed E-state index contributed by atoms with van der Waals surface area (Å²) >= 11 is 1.65. The molecule has 5 heteroatoms. The van der Waals surface area contributed by atoms with Crippen molar-refractivity contribution in [3.05, 3.63) is 52.0 Å². The first-order valence-corrected chi connectivity index (χ1v) is 9.52. The van der Waals surface area contributed by atoms with E-state index in [0.29, 0.717) is 12.3 Å². The molecule has 0 spiro atoms. The minimum absolute atomic E-state index is 0.217. The van der Waals surface area contributed by atoms with Crippen LogP contribution in [0.4, 0.5) is 0 Å². The van der Waals surface area contributed by atoms with Crippen molar-refractivity contribution >= 4 is 17.2 Å². The summed E-state index contributed by atoms with van der Waals surface area (Å²) in [7, 11) is 1.99. The first-order chi connectivity index (χ1) is 11.7. The lowest BCUT2D eigenvalue weighted by atomic mass is 9.96. The molecular formula is C19H25N3OS. The van der Waals surface area contributed by atoms with Gasteiger partial charge < -0.3 is 10.2 Å². The van der Waals surface area contributed by atoms with Crippen LogP contribution in [0.25, 0.3) is 0 Å². The third-order valence-corrected chi connectivity index (χ3v) is 5.49. The van der Waals surface area contributed by atoms with Gasteiger partial charge in [0.2, 0.25) is 5.91 Å². The summed E-state index contributed by atoms with van der Waals surface area (Å²) in [6.45, 7) is 2.81. The smallest absolute Gasteiger partial charge is 0.228 e. The summed E-state index contributed by atoms with van der Waals surface area (Å²) < 4.78 is 0. The second-order valence-corrected chi connectivity index (χ2v) is 7.40. The Morgan fingerprint density at radius 1 is 1.29 bits per heavy atom. The van der Waals surface area contributed by atoms with E-state index in [0.717, 1.165) is 49.6 Å². The number of rotatable bonds is 6. The number of nitrogens with one attached hydrogen (secondary N) is 1. The van der Waals surface area contributed by atoms with Crippen molar-refractivity contribution in [2.75, 3.05) is 26.7 Å². The molecule has 2 aromatic rings. The Labute approximate surface area is 147 Å².